The van der Waals surface area contributed by atoms with Crippen LogP contribution in [0.3, 0.4) is 0 Å². The van der Waals surface area contributed by atoms with E-state index in [0.29, 0.717) is 0 Å². The third-order valence-electron chi connectivity index (χ3n) is 19.0. The summed E-state index contributed by atoms with van der Waals surface area (Å²) in [6.07, 6.45) is -18.7. The molecule has 0 aliphatic carbocycles. The molecule has 0 aromatic heterocycles. The van der Waals surface area contributed by atoms with Gasteiger partial charge in [0, 0.05) is 48.3 Å². The highest BCUT2D eigenvalue weighted by molar-refractivity contribution is 6.32. The van der Waals surface area contributed by atoms with Crippen LogP contribution in [0.4, 0.5) is 0 Å². The lowest BCUT2D eigenvalue weighted by atomic mass is 9.86. The average molecular weight is 1570 g/mol. The average Bonchev–Trinajstić information content (AvgIpc) is 0.759. The molecule has 0 saturated carbocycles. The minimum Gasteiger partial charge on any atom is -0.507 e. The number of rotatable bonds is 20. The molecule has 0 radical (unpaired) electrons. The largest absolute Gasteiger partial charge is 0.507 e. The number of hydrogen-bond acceptors (Lipinski definition) is 28. The summed E-state index contributed by atoms with van der Waals surface area (Å²) in [6.45, 7) is 5.89. The molecule has 2 fully saturated rings. The SMILES string of the molecule is CN[C@H](CC(C)C)C(=O)NC1C(=O)N[C@@H](CC(N)=O)C(=O)N[C@H]2C(=O)N[C@H]3C(=O)N[C@H](C(=O)N[C@H](C(=O)O)c4cc(O)c(CNCCOCCN)c(O)c4-c4cc3ccc4O)[C@H](O)c3ccc(c(Cl)c3)Oc3cc2cc(c3O[C@@H]2O[C@H](CO)[C@@H](O)[C@H](O)[C@H]2O[C@H]2C[C@](C)(N)[C@H](O)[C@H](C)O2)Oc2ccc(cc2Cl)[C@H]1O. The van der Waals surface area contributed by atoms with E-state index in [4.69, 9.17) is 73.6 Å². The van der Waals surface area contributed by atoms with E-state index in [1.807, 2.05) is 13.8 Å². The number of aliphatic carboxylic acids is 1. The van der Waals surface area contributed by atoms with Crippen molar-refractivity contribution in [2.45, 2.75) is 163 Å². The van der Waals surface area contributed by atoms with Crippen molar-refractivity contribution in [3.8, 4) is 57.1 Å². The van der Waals surface area contributed by atoms with Crippen molar-refractivity contribution in [1.82, 2.24) is 42.5 Å². The summed E-state index contributed by atoms with van der Waals surface area (Å²) in [7, 11) is 1.47. The van der Waals surface area contributed by atoms with E-state index in [0.717, 1.165) is 60.7 Å². The zero-order valence-electron chi connectivity index (χ0n) is 59.3. The molecule has 36 nitrogen and oxygen atoms in total. The zero-order valence-corrected chi connectivity index (χ0v) is 60.8. The first-order valence-corrected chi connectivity index (χ1v) is 35.3. The second-order valence-corrected chi connectivity index (χ2v) is 28.4. The van der Waals surface area contributed by atoms with Crippen LogP contribution in [0.25, 0.3) is 11.1 Å². The maximum absolute atomic E-state index is 16.2. The molecule has 5 aromatic carbocycles. The fourth-order valence-electron chi connectivity index (χ4n) is 13.3. The fraction of sp³-hybridized carbons (Fsp3) is 0.465. The number of carboxylic acid groups (broad SMARTS) is 1. The first kappa shape index (κ1) is 82.2. The number of aliphatic hydroxyl groups is 6. The monoisotopic (exact) mass is 1560 g/mol. The molecule has 590 valence electrons. The predicted molar refractivity (Wildman–Crippen MR) is 381 cm³/mol. The Labute approximate surface area is 632 Å². The summed E-state index contributed by atoms with van der Waals surface area (Å²) in [5.41, 5.74) is 13.2. The van der Waals surface area contributed by atoms with Crippen molar-refractivity contribution in [2.24, 2.45) is 23.1 Å². The number of carbonyl (C=O) groups excluding carboxylic acids is 7. The summed E-state index contributed by atoms with van der Waals surface area (Å²) in [5.74, 6) is -16.2. The van der Waals surface area contributed by atoms with E-state index in [1.165, 1.54) is 33.0 Å². The molecule has 11 bridgehead atoms. The van der Waals surface area contributed by atoms with Gasteiger partial charge in [-0.15, -0.1) is 0 Å². The summed E-state index contributed by atoms with van der Waals surface area (Å²) in [6, 6.07) is -1.59. The van der Waals surface area contributed by atoms with Gasteiger partial charge in [0.05, 0.1) is 60.1 Å². The summed E-state index contributed by atoms with van der Waals surface area (Å²) < 4.78 is 43.9. The van der Waals surface area contributed by atoms with Crippen LogP contribution in [-0.4, -0.2) is 217 Å². The summed E-state index contributed by atoms with van der Waals surface area (Å²) in [5, 5.41) is 136. The number of likely N-dealkylation sites (N-methyl/N-ethyl adjacent to an activating group) is 1. The van der Waals surface area contributed by atoms with Gasteiger partial charge in [-0.2, -0.15) is 0 Å². The Morgan fingerprint density at radius 1 is 0.734 bits per heavy atom. The Balaban J connectivity index is 1.23. The van der Waals surface area contributed by atoms with Crippen LogP contribution >= 0.6 is 23.2 Å². The van der Waals surface area contributed by atoms with Gasteiger partial charge in [-0.05, 0) is 110 Å². The molecular weight excluding hydrogens is 1480 g/mol. The van der Waals surface area contributed by atoms with Gasteiger partial charge in [-0.25, -0.2) is 4.79 Å². The van der Waals surface area contributed by atoms with Crippen molar-refractivity contribution in [3.05, 3.63) is 116 Å². The molecule has 7 amide bonds. The van der Waals surface area contributed by atoms with E-state index in [1.54, 1.807) is 0 Å². The second-order valence-electron chi connectivity index (χ2n) is 27.6. The molecule has 7 heterocycles. The van der Waals surface area contributed by atoms with E-state index >= 15 is 19.2 Å². The maximum atomic E-state index is 16.2. The molecule has 2 saturated heterocycles. The number of nitrogens with one attached hydrogen (secondary N) is 8. The number of ether oxygens (including phenoxy) is 7. The van der Waals surface area contributed by atoms with Crippen LogP contribution in [0.1, 0.15) is 111 Å². The minimum atomic E-state index is -2.37. The van der Waals surface area contributed by atoms with Gasteiger partial charge in [-0.1, -0.05) is 55.2 Å². The van der Waals surface area contributed by atoms with Gasteiger partial charge in [-0.3, -0.25) is 33.6 Å². The number of nitrogens with two attached hydrogens (primary N) is 3. The molecule has 18 atom stereocenters. The molecule has 109 heavy (non-hydrogen) atoms. The first-order valence-electron chi connectivity index (χ1n) is 34.6. The number of phenolic OH excluding ortho intramolecular Hbond substituents is 3. The topological polar surface area (TPSA) is 578 Å². The smallest absolute Gasteiger partial charge is 0.330 e. The zero-order chi connectivity index (χ0) is 79.4. The van der Waals surface area contributed by atoms with E-state index < -0.39 is 237 Å². The standard InChI is InChI=1S/C71H87Cl2N11O25/c1-27(2)16-38(77-5)63(95)83-53-55(89)30-7-10-42(36(72)18-30)105-44-20-32-21-45(60(44)109-70-61(59(93)58(92)46(26-85)107-70)108-48-24-71(4,76)62(94)28(3)104-48)106-43-11-8-31(19-37(43)73)56(90)54-68(100)82-52(69(101)102)34-22-41(87)35(25-78-13-15-103-14-12-74)57(91)49(34)33-17-29(6-9-40(33)86)50(65(97)84-54)81-66(98)51(32)80-64(96)39(23-47(75)88)79-67(53)99/h6-11,17-22,27-28,38-39,46,48,50-56,58-59,61-62,70,77-78,85-87,89-94H,12-16,23-26,74,76H2,1-5H3,(H2,75,88)(H,79,99)(H,80,96)(H,81,98)(H,82,100)(H,83,95)(H,84,97)(H,101,102)/t28-,38+,39-,46+,48-,50+,51+,52-,53?,54-,55+,56+,58+,59-,61+,62+,70-,71-/m0/s1. The maximum Gasteiger partial charge on any atom is 0.330 e. The normalized spacial score (nSPS) is 28.2. The van der Waals surface area contributed by atoms with Gasteiger partial charge >= 0.3 is 5.97 Å². The number of aromatic hydroxyl groups is 3. The van der Waals surface area contributed by atoms with Crippen LogP contribution < -0.4 is 73.9 Å². The number of phenols is 3. The third kappa shape index (κ3) is 18.3. The highest BCUT2D eigenvalue weighted by Gasteiger charge is 2.52. The quantitative estimate of drug-likeness (QED) is 0.0423. The van der Waals surface area contributed by atoms with Gasteiger partial charge in [0.2, 0.25) is 53.4 Å². The lowest BCUT2D eigenvalue weighted by molar-refractivity contribution is -0.333. The molecule has 38 heteroatoms. The van der Waals surface area contributed by atoms with Crippen molar-refractivity contribution >= 4 is 70.5 Å². The number of carbonyl (C=O) groups is 8. The summed E-state index contributed by atoms with van der Waals surface area (Å²) >= 11 is 14.2. The predicted octanol–water partition coefficient (Wildman–Crippen LogP) is -0.829. The second kappa shape index (κ2) is 34.7. The van der Waals surface area contributed by atoms with E-state index in [2.05, 4.69) is 42.5 Å². The number of amides is 7. The summed E-state index contributed by atoms with van der Waals surface area (Å²) in [4.78, 5) is 118. The number of aliphatic hydroxyl groups excluding tert-OH is 6. The number of benzene rings is 5. The molecule has 7 aliphatic heterocycles. The van der Waals surface area contributed by atoms with Crippen LogP contribution in [0.5, 0.6) is 46.0 Å². The number of primary amides is 1. The van der Waals surface area contributed by atoms with Crippen molar-refractivity contribution in [1.29, 1.82) is 0 Å². The lowest BCUT2D eigenvalue weighted by Gasteiger charge is -2.47. The van der Waals surface area contributed by atoms with Crippen LogP contribution in [0.2, 0.25) is 10.0 Å². The number of carboxylic acids is 1. The van der Waals surface area contributed by atoms with E-state index in [-0.39, 0.29) is 84.6 Å². The third-order valence-corrected chi connectivity index (χ3v) is 19.6. The van der Waals surface area contributed by atoms with Crippen molar-refractivity contribution < 1.29 is 123 Å². The van der Waals surface area contributed by atoms with Crippen molar-refractivity contribution in [2.75, 3.05) is 40.0 Å². The minimum absolute atomic E-state index is 0.0972. The molecule has 5 aromatic rings. The Hall–Kier alpha value is -9.32. The van der Waals surface area contributed by atoms with Gasteiger partial charge in [0.15, 0.2) is 29.9 Å². The van der Waals surface area contributed by atoms with Crippen molar-refractivity contribution in [3.63, 3.8) is 0 Å². The number of hydrogen-bond donors (Lipinski definition) is 21. The first-order chi connectivity index (χ1) is 51.6. The molecule has 7 aliphatic rings. The molecule has 0 spiro atoms. The van der Waals surface area contributed by atoms with Gasteiger partial charge in [0.1, 0.15) is 89.5 Å². The Bertz CT molecular complexity index is 4270. The lowest BCUT2D eigenvalue weighted by Crippen LogP contribution is -2.64. The van der Waals surface area contributed by atoms with Crippen LogP contribution in [0, 0.1) is 5.92 Å². The van der Waals surface area contributed by atoms with Crippen LogP contribution in [-0.2, 0) is 63.8 Å². The Morgan fingerprint density at radius 3 is 1.95 bits per heavy atom. The molecule has 1 unspecified atom stereocenters. The molecule has 12 rings (SSSR count). The highest BCUT2D eigenvalue weighted by atomic mass is 35.5. The highest BCUT2D eigenvalue weighted by Crippen LogP contribution is 2.50. The Morgan fingerprint density at radius 2 is 1.36 bits per heavy atom. The number of fused-ring (bicyclic) bond motifs is 15. The Kier molecular flexibility index (Phi) is 26.2. The number of halogens is 2. The van der Waals surface area contributed by atoms with Crippen LogP contribution in [0.15, 0.2) is 72.8 Å². The molecule has 24 N–H and O–H groups in total. The fourth-order valence-corrected chi connectivity index (χ4v) is 13.7. The van der Waals surface area contributed by atoms with E-state index in [9.17, 15) is 70.2 Å². The van der Waals surface area contributed by atoms with Gasteiger partial charge < -0.3 is 144 Å². The van der Waals surface area contributed by atoms with Gasteiger partial charge in [0.25, 0.3) is 0 Å². The molecular formula is C71H87Cl2N11O25.